The minimum atomic E-state index is -2.16. The van der Waals surface area contributed by atoms with Crippen molar-refractivity contribution in [1.82, 2.24) is 0 Å². The second-order valence-electron chi connectivity index (χ2n) is 3.50. The highest BCUT2D eigenvalue weighted by Gasteiger charge is 2.28. The van der Waals surface area contributed by atoms with Gasteiger partial charge in [-0.15, -0.1) is 0 Å². The molecule has 0 saturated carbocycles. The molecule has 0 heterocycles. The highest BCUT2D eigenvalue weighted by molar-refractivity contribution is 5.25. The number of halogens is 5. The van der Waals surface area contributed by atoms with E-state index in [1.54, 1.807) is 6.92 Å². The molecule has 1 aromatic carbocycles. The Bertz CT molecular complexity index is 390. The summed E-state index contributed by atoms with van der Waals surface area (Å²) in [6.45, 7) is 3.15. The van der Waals surface area contributed by atoms with Crippen LogP contribution in [-0.2, 0) is 4.74 Å². The molecule has 0 radical (unpaired) electrons. The van der Waals surface area contributed by atoms with Crippen molar-refractivity contribution in [2.45, 2.75) is 26.4 Å². The summed E-state index contributed by atoms with van der Waals surface area (Å²) in [5.74, 6) is -9.75. The predicted octanol–water partition coefficient (Wildman–Crippen LogP) is 3.87. The van der Waals surface area contributed by atoms with Gasteiger partial charge in [0.1, 0.15) is 0 Å². The van der Waals surface area contributed by atoms with E-state index in [1.165, 1.54) is 6.92 Å². The second-order valence-corrected chi connectivity index (χ2v) is 3.50. The molecule has 0 aliphatic heterocycles. The smallest absolute Gasteiger partial charge is 0.200 e. The van der Waals surface area contributed by atoms with Crippen LogP contribution in [0.4, 0.5) is 22.0 Å². The Balaban J connectivity index is 3.24. The van der Waals surface area contributed by atoms with Crippen molar-refractivity contribution in [2.24, 2.45) is 0 Å². The van der Waals surface area contributed by atoms with Crippen molar-refractivity contribution in [2.75, 3.05) is 6.61 Å². The predicted molar refractivity (Wildman–Crippen MR) is 50.9 cm³/mol. The molecular weight excluding hydrogens is 243 g/mol. The van der Waals surface area contributed by atoms with E-state index in [1.807, 2.05) is 0 Å². The zero-order valence-electron chi connectivity index (χ0n) is 9.29. The molecule has 0 spiro atoms. The van der Waals surface area contributed by atoms with Gasteiger partial charge in [-0.05, 0) is 13.3 Å². The molecule has 17 heavy (non-hydrogen) atoms. The lowest BCUT2D eigenvalue weighted by molar-refractivity contribution is 0.0596. The summed E-state index contributed by atoms with van der Waals surface area (Å²) in [5, 5.41) is 0. The number of ether oxygens (including phenoxy) is 1. The fourth-order valence-electron chi connectivity index (χ4n) is 1.36. The minimum absolute atomic E-state index is 0.167. The van der Waals surface area contributed by atoms with Gasteiger partial charge in [-0.3, -0.25) is 0 Å². The van der Waals surface area contributed by atoms with Crippen LogP contribution in [0.25, 0.3) is 0 Å². The van der Waals surface area contributed by atoms with Crippen molar-refractivity contribution >= 4 is 0 Å². The first-order valence-electron chi connectivity index (χ1n) is 5.04. The summed E-state index contributed by atoms with van der Waals surface area (Å²) >= 11 is 0. The monoisotopic (exact) mass is 254 g/mol. The van der Waals surface area contributed by atoms with E-state index in [-0.39, 0.29) is 6.61 Å². The summed E-state index contributed by atoms with van der Waals surface area (Å²) in [6, 6.07) is 0. The Labute approximate surface area is 95.2 Å². The van der Waals surface area contributed by atoms with Crippen LogP contribution in [0, 0.1) is 29.1 Å². The fourth-order valence-corrected chi connectivity index (χ4v) is 1.36. The summed E-state index contributed by atoms with van der Waals surface area (Å²) < 4.78 is 70.0. The minimum Gasteiger partial charge on any atom is -0.374 e. The van der Waals surface area contributed by atoms with Crippen LogP contribution in [0.1, 0.15) is 31.9 Å². The van der Waals surface area contributed by atoms with E-state index in [2.05, 4.69) is 0 Å². The lowest BCUT2D eigenvalue weighted by Gasteiger charge is -2.15. The van der Waals surface area contributed by atoms with Crippen LogP contribution in [0.15, 0.2) is 0 Å². The molecule has 0 amide bonds. The molecule has 1 aromatic rings. The molecule has 0 aromatic heterocycles. The number of hydrogen-bond donors (Lipinski definition) is 0. The quantitative estimate of drug-likeness (QED) is 0.450. The first-order chi connectivity index (χ1) is 7.91. The van der Waals surface area contributed by atoms with Gasteiger partial charge in [0.25, 0.3) is 0 Å². The van der Waals surface area contributed by atoms with E-state index in [4.69, 9.17) is 4.74 Å². The summed E-state index contributed by atoms with van der Waals surface area (Å²) in [5.41, 5.74) is -0.935. The van der Waals surface area contributed by atoms with Crippen molar-refractivity contribution in [3.8, 4) is 0 Å². The van der Waals surface area contributed by atoms with Crippen LogP contribution < -0.4 is 0 Å². The van der Waals surface area contributed by atoms with E-state index in [0.29, 0.717) is 6.42 Å². The van der Waals surface area contributed by atoms with Gasteiger partial charge in [0.05, 0.1) is 11.7 Å². The summed E-state index contributed by atoms with van der Waals surface area (Å²) in [4.78, 5) is 0. The van der Waals surface area contributed by atoms with Gasteiger partial charge in [0.15, 0.2) is 23.3 Å². The first kappa shape index (κ1) is 13.9. The zero-order chi connectivity index (χ0) is 13.2. The molecular formula is C11H11F5O. The molecule has 0 N–H and O–H groups in total. The van der Waals surface area contributed by atoms with Crippen LogP contribution >= 0.6 is 0 Å². The van der Waals surface area contributed by atoms with Crippen molar-refractivity contribution in [3.63, 3.8) is 0 Å². The molecule has 0 aliphatic carbocycles. The Hall–Kier alpha value is -1.17. The molecule has 0 saturated heterocycles. The van der Waals surface area contributed by atoms with Crippen molar-refractivity contribution in [1.29, 1.82) is 0 Å². The van der Waals surface area contributed by atoms with Crippen LogP contribution in [0.5, 0.6) is 0 Å². The number of benzene rings is 1. The van der Waals surface area contributed by atoms with E-state index in [0.717, 1.165) is 0 Å². The maximum absolute atomic E-state index is 13.3. The molecule has 0 fully saturated rings. The number of rotatable bonds is 4. The van der Waals surface area contributed by atoms with Crippen LogP contribution in [-0.4, -0.2) is 6.61 Å². The maximum atomic E-state index is 13.3. The molecule has 1 atom stereocenters. The van der Waals surface area contributed by atoms with Gasteiger partial charge in [0, 0.05) is 6.61 Å². The van der Waals surface area contributed by atoms with E-state index >= 15 is 0 Å². The van der Waals surface area contributed by atoms with Crippen LogP contribution in [0.3, 0.4) is 0 Å². The molecule has 0 bridgehead atoms. The number of hydrogen-bond acceptors (Lipinski definition) is 1. The first-order valence-corrected chi connectivity index (χ1v) is 5.04. The molecule has 1 rings (SSSR count). The lowest BCUT2D eigenvalue weighted by atomic mass is 10.1. The Morgan fingerprint density at radius 3 is 1.71 bits per heavy atom. The third-order valence-corrected chi connectivity index (χ3v) is 2.22. The molecule has 1 unspecified atom stereocenters. The molecule has 1 nitrogen and oxygen atoms in total. The Morgan fingerprint density at radius 1 is 0.882 bits per heavy atom. The maximum Gasteiger partial charge on any atom is 0.200 e. The third-order valence-electron chi connectivity index (χ3n) is 2.22. The van der Waals surface area contributed by atoms with Gasteiger partial charge in [0.2, 0.25) is 5.82 Å². The van der Waals surface area contributed by atoms with Crippen molar-refractivity contribution in [3.05, 3.63) is 34.6 Å². The molecule has 6 heteroatoms. The van der Waals surface area contributed by atoms with E-state index in [9.17, 15) is 22.0 Å². The lowest BCUT2D eigenvalue weighted by Crippen LogP contribution is -2.12. The zero-order valence-corrected chi connectivity index (χ0v) is 9.29. The standard InChI is InChI=1S/C11H11F5O/c1-3-4-17-5(2)6-7(12)9(14)11(16)10(15)8(6)13/h5H,3-4H2,1-2H3. The van der Waals surface area contributed by atoms with Gasteiger partial charge in [-0.2, -0.15) is 0 Å². The summed E-state index contributed by atoms with van der Waals surface area (Å²) in [6.07, 6.45) is -0.626. The third kappa shape index (κ3) is 2.57. The average Bonchev–Trinajstić information content (AvgIpc) is 2.31. The average molecular weight is 254 g/mol. The summed E-state index contributed by atoms with van der Waals surface area (Å²) in [7, 11) is 0. The highest BCUT2D eigenvalue weighted by Crippen LogP contribution is 2.29. The topological polar surface area (TPSA) is 9.23 Å². The Morgan fingerprint density at radius 2 is 1.29 bits per heavy atom. The van der Waals surface area contributed by atoms with E-state index < -0.39 is 40.8 Å². The molecule has 0 aliphatic rings. The van der Waals surface area contributed by atoms with Gasteiger partial charge in [-0.1, -0.05) is 6.92 Å². The van der Waals surface area contributed by atoms with Gasteiger partial charge in [-0.25, -0.2) is 22.0 Å². The molecule has 96 valence electrons. The SMILES string of the molecule is CCCOC(C)c1c(F)c(F)c(F)c(F)c1F. The highest BCUT2D eigenvalue weighted by atomic mass is 19.2. The van der Waals surface area contributed by atoms with Crippen molar-refractivity contribution < 1.29 is 26.7 Å². The van der Waals surface area contributed by atoms with Gasteiger partial charge < -0.3 is 4.74 Å². The van der Waals surface area contributed by atoms with Crippen LogP contribution in [0.2, 0.25) is 0 Å². The second kappa shape index (κ2) is 5.44. The Kier molecular flexibility index (Phi) is 4.45. The van der Waals surface area contributed by atoms with Gasteiger partial charge >= 0.3 is 0 Å². The fraction of sp³-hybridized carbons (Fsp3) is 0.455. The largest absolute Gasteiger partial charge is 0.374 e. The normalized spacial score (nSPS) is 12.9.